The van der Waals surface area contributed by atoms with Crippen LogP contribution in [0.15, 0.2) is 36.9 Å². The number of hydrogen-bond acceptors (Lipinski definition) is 3. The highest BCUT2D eigenvalue weighted by Gasteiger charge is 2.00. The molecular weight excluding hydrogens is 226 g/mol. The number of phenols is 1. The maximum absolute atomic E-state index is 9.69. The number of nitrogens with one attached hydrogen (secondary N) is 1. The Hall–Kier alpha value is -1.81. The first-order valence-electron chi connectivity index (χ1n) is 6.20. The first-order chi connectivity index (χ1) is 8.75. The van der Waals surface area contributed by atoms with E-state index in [0.717, 1.165) is 25.1 Å². The van der Waals surface area contributed by atoms with Crippen molar-refractivity contribution in [3.05, 3.63) is 48.0 Å². The van der Waals surface area contributed by atoms with Gasteiger partial charge in [0, 0.05) is 31.0 Å². The van der Waals surface area contributed by atoms with Crippen LogP contribution in [0.1, 0.15) is 17.5 Å². The molecule has 0 aliphatic carbocycles. The summed E-state index contributed by atoms with van der Waals surface area (Å²) in [5.74, 6) is 0.364. The highest BCUT2D eigenvalue weighted by atomic mass is 16.3. The SMILES string of the molecule is Cc1ccc(O)c(CNCCCn2ccnc2)c1. The number of benzene rings is 1. The molecule has 1 aromatic carbocycles. The van der Waals surface area contributed by atoms with Crippen molar-refractivity contribution < 1.29 is 5.11 Å². The number of imidazole rings is 1. The molecule has 96 valence electrons. The first kappa shape index (κ1) is 12.6. The molecular formula is C14H19N3O. The van der Waals surface area contributed by atoms with Crippen molar-refractivity contribution in [3.8, 4) is 5.75 Å². The lowest BCUT2D eigenvalue weighted by Crippen LogP contribution is -2.16. The number of nitrogens with zero attached hydrogens (tertiary/aromatic N) is 2. The number of rotatable bonds is 6. The summed E-state index contributed by atoms with van der Waals surface area (Å²) in [7, 11) is 0. The lowest BCUT2D eigenvalue weighted by Gasteiger charge is -2.08. The number of aromatic nitrogens is 2. The van der Waals surface area contributed by atoms with E-state index in [0.29, 0.717) is 12.3 Å². The zero-order valence-corrected chi connectivity index (χ0v) is 10.6. The number of phenolic OH excluding ortho intramolecular Hbond substituents is 1. The third kappa shape index (κ3) is 3.60. The normalized spacial score (nSPS) is 10.7. The Morgan fingerprint density at radius 2 is 2.28 bits per heavy atom. The van der Waals surface area contributed by atoms with E-state index in [-0.39, 0.29) is 0 Å². The van der Waals surface area contributed by atoms with Gasteiger partial charge in [0.2, 0.25) is 0 Å². The predicted octanol–water partition coefficient (Wildman–Crippen LogP) is 2.08. The van der Waals surface area contributed by atoms with Crippen LogP contribution in [0.25, 0.3) is 0 Å². The van der Waals surface area contributed by atoms with Crippen LogP contribution in [-0.2, 0) is 13.1 Å². The highest BCUT2D eigenvalue weighted by molar-refractivity contribution is 5.35. The molecule has 0 aliphatic heterocycles. The summed E-state index contributed by atoms with van der Waals surface area (Å²) in [6.45, 7) is 4.62. The van der Waals surface area contributed by atoms with Crippen molar-refractivity contribution in [1.29, 1.82) is 0 Å². The Labute approximate surface area is 107 Å². The van der Waals surface area contributed by atoms with Crippen LogP contribution in [0.4, 0.5) is 0 Å². The van der Waals surface area contributed by atoms with Crippen LogP contribution >= 0.6 is 0 Å². The molecule has 0 saturated carbocycles. The minimum Gasteiger partial charge on any atom is -0.508 e. The molecule has 2 rings (SSSR count). The van der Waals surface area contributed by atoms with Crippen molar-refractivity contribution in [1.82, 2.24) is 14.9 Å². The average molecular weight is 245 g/mol. The molecule has 18 heavy (non-hydrogen) atoms. The second-order valence-corrected chi connectivity index (χ2v) is 4.46. The lowest BCUT2D eigenvalue weighted by atomic mass is 10.1. The molecule has 0 saturated heterocycles. The van der Waals surface area contributed by atoms with Gasteiger partial charge in [-0.3, -0.25) is 0 Å². The Kier molecular flexibility index (Phi) is 4.36. The van der Waals surface area contributed by atoms with E-state index in [1.165, 1.54) is 5.56 Å². The smallest absolute Gasteiger partial charge is 0.120 e. The molecule has 0 spiro atoms. The second-order valence-electron chi connectivity index (χ2n) is 4.46. The number of hydrogen-bond donors (Lipinski definition) is 2. The molecule has 0 fully saturated rings. The largest absolute Gasteiger partial charge is 0.508 e. The van der Waals surface area contributed by atoms with Crippen molar-refractivity contribution in [2.45, 2.75) is 26.4 Å². The van der Waals surface area contributed by atoms with Gasteiger partial charge in [-0.1, -0.05) is 17.7 Å². The van der Waals surface area contributed by atoms with Gasteiger partial charge in [0.15, 0.2) is 0 Å². The fourth-order valence-corrected chi connectivity index (χ4v) is 1.88. The molecule has 0 atom stereocenters. The molecule has 0 radical (unpaired) electrons. The number of aromatic hydroxyl groups is 1. The van der Waals surface area contributed by atoms with Crippen LogP contribution in [0.2, 0.25) is 0 Å². The van der Waals surface area contributed by atoms with Crippen LogP contribution in [-0.4, -0.2) is 21.2 Å². The monoisotopic (exact) mass is 245 g/mol. The Balaban J connectivity index is 1.70. The topological polar surface area (TPSA) is 50.1 Å². The van der Waals surface area contributed by atoms with Gasteiger partial charge < -0.3 is 15.0 Å². The maximum atomic E-state index is 9.69. The third-order valence-corrected chi connectivity index (χ3v) is 2.88. The summed E-state index contributed by atoms with van der Waals surface area (Å²) in [4.78, 5) is 4.00. The average Bonchev–Trinajstić information content (AvgIpc) is 2.86. The maximum Gasteiger partial charge on any atom is 0.120 e. The zero-order valence-electron chi connectivity index (χ0n) is 10.6. The van der Waals surface area contributed by atoms with E-state index in [9.17, 15) is 5.11 Å². The molecule has 0 bridgehead atoms. The van der Waals surface area contributed by atoms with Crippen molar-refractivity contribution in [3.63, 3.8) is 0 Å². The van der Waals surface area contributed by atoms with Crippen LogP contribution < -0.4 is 5.32 Å². The molecule has 0 unspecified atom stereocenters. The van der Waals surface area contributed by atoms with Crippen molar-refractivity contribution in [2.24, 2.45) is 0 Å². The van der Waals surface area contributed by atoms with E-state index >= 15 is 0 Å². The summed E-state index contributed by atoms with van der Waals surface area (Å²) in [5.41, 5.74) is 2.13. The molecule has 2 N–H and O–H groups in total. The van der Waals surface area contributed by atoms with E-state index in [1.807, 2.05) is 31.6 Å². The van der Waals surface area contributed by atoms with E-state index in [4.69, 9.17) is 0 Å². The first-order valence-corrected chi connectivity index (χ1v) is 6.20. The predicted molar refractivity (Wildman–Crippen MR) is 71.4 cm³/mol. The number of aryl methyl sites for hydroxylation is 2. The molecule has 1 heterocycles. The quantitative estimate of drug-likeness (QED) is 0.766. The summed E-state index contributed by atoms with van der Waals surface area (Å²) < 4.78 is 2.06. The van der Waals surface area contributed by atoms with Gasteiger partial charge in [-0.2, -0.15) is 0 Å². The Morgan fingerprint density at radius 3 is 3.06 bits per heavy atom. The lowest BCUT2D eigenvalue weighted by molar-refractivity contribution is 0.463. The zero-order chi connectivity index (χ0) is 12.8. The van der Waals surface area contributed by atoms with E-state index in [2.05, 4.69) is 14.9 Å². The molecule has 4 nitrogen and oxygen atoms in total. The van der Waals surface area contributed by atoms with Gasteiger partial charge >= 0.3 is 0 Å². The van der Waals surface area contributed by atoms with E-state index < -0.39 is 0 Å². The minimum atomic E-state index is 0.364. The van der Waals surface area contributed by atoms with Gasteiger partial charge in [0.25, 0.3) is 0 Å². The van der Waals surface area contributed by atoms with Gasteiger partial charge in [-0.05, 0) is 26.0 Å². The summed E-state index contributed by atoms with van der Waals surface area (Å²) in [6.07, 6.45) is 6.62. The summed E-state index contributed by atoms with van der Waals surface area (Å²) in [5, 5.41) is 13.0. The Bertz CT molecular complexity index is 480. The second kappa shape index (κ2) is 6.21. The van der Waals surface area contributed by atoms with Crippen LogP contribution in [0, 0.1) is 6.92 Å². The molecule has 0 aliphatic rings. The minimum absolute atomic E-state index is 0.364. The van der Waals surface area contributed by atoms with Gasteiger partial charge in [-0.15, -0.1) is 0 Å². The molecule has 1 aromatic heterocycles. The fourth-order valence-electron chi connectivity index (χ4n) is 1.88. The Morgan fingerprint density at radius 1 is 1.39 bits per heavy atom. The molecule has 2 aromatic rings. The fraction of sp³-hybridized carbons (Fsp3) is 0.357. The van der Waals surface area contributed by atoms with Crippen molar-refractivity contribution >= 4 is 0 Å². The van der Waals surface area contributed by atoms with E-state index in [1.54, 1.807) is 12.3 Å². The highest BCUT2D eigenvalue weighted by Crippen LogP contribution is 2.17. The third-order valence-electron chi connectivity index (χ3n) is 2.88. The summed E-state index contributed by atoms with van der Waals surface area (Å²) in [6, 6.07) is 5.67. The summed E-state index contributed by atoms with van der Waals surface area (Å²) >= 11 is 0. The van der Waals surface area contributed by atoms with Gasteiger partial charge in [-0.25, -0.2) is 4.98 Å². The van der Waals surface area contributed by atoms with Crippen molar-refractivity contribution in [2.75, 3.05) is 6.54 Å². The van der Waals surface area contributed by atoms with Crippen LogP contribution in [0.3, 0.4) is 0 Å². The standard InChI is InChI=1S/C14H19N3O/c1-12-3-4-14(18)13(9-12)10-15-5-2-7-17-8-6-16-11-17/h3-4,6,8-9,11,15,18H,2,5,7,10H2,1H3. The molecule has 0 amide bonds. The van der Waals surface area contributed by atoms with Crippen LogP contribution in [0.5, 0.6) is 5.75 Å². The van der Waals surface area contributed by atoms with Gasteiger partial charge in [0.1, 0.15) is 5.75 Å². The van der Waals surface area contributed by atoms with Gasteiger partial charge in [0.05, 0.1) is 6.33 Å². The molecule has 4 heteroatoms.